The van der Waals surface area contributed by atoms with E-state index < -0.39 is 112 Å². The van der Waals surface area contributed by atoms with Crippen molar-refractivity contribution < 1.29 is 80.2 Å². The van der Waals surface area contributed by atoms with Crippen LogP contribution in [0.2, 0.25) is 0 Å². The average molecular weight is 506 g/mol. The molecule has 2 fully saturated rings. The van der Waals surface area contributed by atoms with Crippen molar-refractivity contribution >= 4 is 0 Å². The number of aliphatic hydroxyl groups is 12. The molecule has 14 atom stereocenters. The molecule has 0 unspecified atom stereocenters. The number of rotatable bonds is 11. The molecule has 0 bridgehead atoms. The molecular formula is C18H34O16. The third kappa shape index (κ3) is 6.56. The Balaban J connectivity index is 2.08. The zero-order valence-corrected chi connectivity index (χ0v) is 17.9. The Labute approximate surface area is 193 Å². The molecule has 202 valence electrons. The lowest BCUT2D eigenvalue weighted by Gasteiger charge is -2.46. The van der Waals surface area contributed by atoms with E-state index in [0.29, 0.717) is 0 Å². The Kier molecular flexibility index (Phi) is 11.4. The van der Waals surface area contributed by atoms with Crippen molar-refractivity contribution in [2.75, 3.05) is 26.4 Å². The Hall–Kier alpha value is -0.640. The molecular weight excluding hydrogens is 472 g/mol. The van der Waals surface area contributed by atoms with Gasteiger partial charge >= 0.3 is 0 Å². The van der Waals surface area contributed by atoms with Crippen molar-refractivity contribution in [3.8, 4) is 0 Å². The second-order valence-electron chi connectivity index (χ2n) is 8.14. The largest absolute Gasteiger partial charge is 0.394 e. The molecule has 0 aromatic rings. The summed E-state index contributed by atoms with van der Waals surface area (Å²) in [7, 11) is 0. The van der Waals surface area contributed by atoms with Crippen LogP contribution in [0.15, 0.2) is 0 Å². The predicted molar refractivity (Wildman–Crippen MR) is 103 cm³/mol. The molecule has 0 spiro atoms. The third-order valence-electron chi connectivity index (χ3n) is 5.72. The van der Waals surface area contributed by atoms with Crippen LogP contribution in [0.3, 0.4) is 0 Å². The van der Waals surface area contributed by atoms with Crippen molar-refractivity contribution in [3.05, 3.63) is 0 Å². The van der Waals surface area contributed by atoms with Gasteiger partial charge in [-0.05, 0) is 0 Å². The van der Waals surface area contributed by atoms with Crippen LogP contribution in [0.5, 0.6) is 0 Å². The van der Waals surface area contributed by atoms with Gasteiger partial charge < -0.3 is 80.2 Å². The fourth-order valence-corrected chi connectivity index (χ4v) is 3.54. The molecule has 16 heteroatoms. The fourth-order valence-electron chi connectivity index (χ4n) is 3.54. The highest BCUT2D eigenvalue weighted by Crippen LogP contribution is 2.29. The molecule has 0 aromatic carbocycles. The molecule has 0 aromatic heterocycles. The maximum absolute atomic E-state index is 10.6. The molecule has 0 radical (unpaired) electrons. The van der Waals surface area contributed by atoms with E-state index in [4.69, 9.17) is 24.1 Å². The lowest BCUT2D eigenvalue weighted by molar-refractivity contribution is -0.361. The second kappa shape index (κ2) is 13.1. The van der Waals surface area contributed by atoms with Gasteiger partial charge in [0.15, 0.2) is 12.6 Å². The van der Waals surface area contributed by atoms with E-state index in [-0.39, 0.29) is 0 Å². The first kappa shape index (κ1) is 29.6. The van der Waals surface area contributed by atoms with Crippen LogP contribution in [0.1, 0.15) is 0 Å². The Morgan fingerprint density at radius 2 is 1.15 bits per heavy atom. The van der Waals surface area contributed by atoms with Crippen LogP contribution in [-0.4, -0.2) is 174 Å². The van der Waals surface area contributed by atoms with E-state index in [1.54, 1.807) is 0 Å². The monoisotopic (exact) mass is 506 g/mol. The van der Waals surface area contributed by atoms with Crippen LogP contribution in [-0.2, 0) is 18.9 Å². The fraction of sp³-hybridized carbons (Fsp3) is 1.00. The third-order valence-corrected chi connectivity index (χ3v) is 5.72. The molecule has 2 rings (SSSR count). The summed E-state index contributed by atoms with van der Waals surface area (Å²) in [6.07, 6.45) is -24.3. The van der Waals surface area contributed by atoms with Gasteiger partial charge in [-0.15, -0.1) is 0 Å². The highest BCUT2D eigenvalue weighted by Gasteiger charge is 2.51. The van der Waals surface area contributed by atoms with Gasteiger partial charge in [-0.25, -0.2) is 0 Å². The highest BCUT2D eigenvalue weighted by atomic mass is 16.7. The number of ether oxygens (including phenoxy) is 4. The van der Waals surface area contributed by atoms with Crippen LogP contribution >= 0.6 is 0 Å². The van der Waals surface area contributed by atoms with Crippen LogP contribution in [0.4, 0.5) is 0 Å². The lowest BCUT2D eigenvalue weighted by Crippen LogP contribution is -2.65. The lowest BCUT2D eigenvalue weighted by atomic mass is 9.97. The molecule has 2 aliphatic rings. The SMILES string of the molecule is OC[C@@H](O)[C@@H](O)[C@H](O)[C@@H](O)CO[C@@H]1O[C@H](CO)[C@H](O)[C@H](O[C@@H]2O[C@H](CO)[C@H](O)[C@H](O)[C@H]2O)[C@H]1O. The zero-order valence-electron chi connectivity index (χ0n) is 17.9. The van der Waals surface area contributed by atoms with Crippen molar-refractivity contribution in [1.29, 1.82) is 0 Å². The standard InChI is InChI=1S/C18H34O16/c19-1-5(22)9(24)10(25)6(23)4-31-17-15(30)16(12(27)8(3-21)32-17)34-18-14(29)13(28)11(26)7(2-20)33-18/h5-30H,1-4H2/t5-,6+,7-,8-,9-,10-,11+,12+,13+,14-,15-,16+,17-,18+/m1/s1. The smallest absolute Gasteiger partial charge is 0.187 e. The van der Waals surface area contributed by atoms with Gasteiger partial charge in [-0.2, -0.15) is 0 Å². The van der Waals surface area contributed by atoms with Gasteiger partial charge in [0.2, 0.25) is 0 Å². The quantitative estimate of drug-likeness (QED) is 0.124. The molecule has 2 saturated heterocycles. The number of hydrogen-bond acceptors (Lipinski definition) is 16. The van der Waals surface area contributed by atoms with Gasteiger partial charge in [-0.3, -0.25) is 0 Å². The summed E-state index contributed by atoms with van der Waals surface area (Å²) in [5, 5.41) is 117. The van der Waals surface area contributed by atoms with E-state index in [0.717, 1.165) is 0 Å². The van der Waals surface area contributed by atoms with Crippen molar-refractivity contribution in [2.24, 2.45) is 0 Å². The maximum Gasteiger partial charge on any atom is 0.187 e. The van der Waals surface area contributed by atoms with Crippen LogP contribution < -0.4 is 0 Å². The van der Waals surface area contributed by atoms with E-state index in [1.807, 2.05) is 0 Å². The van der Waals surface area contributed by atoms with E-state index in [2.05, 4.69) is 0 Å². The summed E-state index contributed by atoms with van der Waals surface area (Å²) in [5.41, 5.74) is 0. The van der Waals surface area contributed by atoms with E-state index in [9.17, 15) is 56.2 Å². The minimum Gasteiger partial charge on any atom is -0.394 e. The highest BCUT2D eigenvalue weighted by molar-refractivity contribution is 4.94. The summed E-state index contributed by atoms with van der Waals surface area (Å²) >= 11 is 0. The van der Waals surface area contributed by atoms with Gasteiger partial charge in [0.25, 0.3) is 0 Å². The predicted octanol–water partition coefficient (Wildman–Crippen LogP) is -7.94. The van der Waals surface area contributed by atoms with Gasteiger partial charge in [0.1, 0.15) is 73.2 Å². The first-order chi connectivity index (χ1) is 16.0. The van der Waals surface area contributed by atoms with Gasteiger partial charge in [-0.1, -0.05) is 0 Å². The summed E-state index contributed by atoms with van der Waals surface area (Å²) in [4.78, 5) is 0. The summed E-state index contributed by atoms with van der Waals surface area (Å²) in [5.74, 6) is 0. The topological polar surface area (TPSA) is 280 Å². The first-order valence-corrected chi connectivity index (χ1v) is 10.5. The molecule has 0 saturated carbocycles. The van der Waals surface area contributed by atoms with Gasteiger partial charge in [0, 0.05) is 0 Å². The number of aliphatic hydroxyl groups excluding tert-OH is 12. The Morgan fingerprint density at radius 1 is 0.618 bits per heavy atom. The van der Waals surface area contributed by atoms with Crippen molar-refractivity contribution in [2.45, 2.75) is 85.8 Å². The molecule has 0 amide bonds. The van der Waals surface area contributed by atoms with Crippen LogP contribution in [0, 0.1) is 0 Å². The molecule has 12 N–H and O–H groups in total. The molecule has 2 heterocycles. The summed E-state index contributed by atoms with van der Waals surface area (Å²) in [6, 6.07) is 0. The summed E-state index contributed by atoms with van der Waals surface area (Å²) in [6.45, 7) is -3.25. The summed E-state index contributed by atoms with van der Waals surface area (Å²) < 4.78 is 21.0. The van der Waals surface area contributed by atoms with Crippen LogP contribution in [0.25, 0.3) is 0 Å². The molecule has 2 aliphatic heterocycles. The van der Waals surface area contributed by atoms with Gasteiger partial charge in [0.05, 0.1) is 26.4 Å². The van der Waals surface area contributed by atoms with Crippen molar-refractivity contribution in [3.63, 3.8) is 0 Å². The average Bonchev–Trinajstić information content (AvgIpc) is 2.84. The normalized spacial score (nSPS) is 42.7. The zero-order chi connectivity index (χ0) is 25.7. The molecule has 0 aliphatic carbocycles. The Morgan fingerprint density at radius 3 is 1.71 bits per heavy atom. The molecule has 16 nitrogen and oxygen atoms in total. The van der Waals surface area contributed by atoms with E-state index >= 15 is 0 Å². The number of hydrogen-bond donors (Lipinski definition) is 12. The minimum absolute atomic E-state index is 0.758. The second-order valence-corrected chi connectivity index (χ2v) is 8.14. The first-order valence-electron chi connectivity index (χ1n) is 10.5. The maximum atomic E-state index is 10.6. The molecule has 34 heavy (non-hydrogen) atoms. The minimum atomic E-state index is -1.97. The Bertz CT molecular complexity index is 596. The van der Waals surface area contributed by atoms with Crippen molar-refractivity contribution in [1.82, 2.24) is 0 Å². The van der Waals surface area contributed by atoms with E-state index in [1.165, 1.54) is 0 Å².